The molecule has 0 aromatic heterocycles. The van der Waals surface area contributed by atoms with E-state index in [9.17, 15) is 5.11 Å². The van der Waals surface area contributed by atoms with Gasteiger partial charge in [0.1, 0.15) is 0 Å². The van der Waals surface area contributed by atoms with Crippen LogP contribution >= 0.6 is 11.8 Å². The van der Waals surface area contributed by atoms with Crippen molar-refractivity contribution in [3.8, 4) is 6.07 Å². The van der Waals surface area contributed by atoms with Crippen LogP contribution in [-0.4, -0.2) is 15.6 Å². The smallest absolute Gasteiger partial charge is 0.0994 e. The van der Waals surface area contributed by atoms with Crippen LogP contribution in [0.2, 0.25) is 0 Å². The van der Waals surface area contributed by atoms with Crippen LogP contribution in [-0.2, 0) is 5.60 Å². The van der Waals surface area contributed by atoms with E-state index in [1.165, 1.54) is 19.3 Å². The number of hydrogen-bond donors (Lipinski definition) is 1. The van der Waals surface area contributed by atoms with Gasteiger partial charge in [-0.3, -0.25) is 0 Å². The van der Waals surface area contributed by atoms with Crippen molar-refractivity contribution < 1.29 is 5.11 Å². The summed E-state index contributed by atoms with van der Waals surface area (Å²) in [6.45, 7) is 1.95. The molecule has 2 atom stereocenters. The van der Waals surface area contributed by atoms with Crippen molar-refractivity contribution in [3.63, 3.8) is 0 Å². The minimum Gasteiger partial charge on any atom is -0.385 e. The van der Waals surface area contributed by atoms with E-state index in [4.69, 9.17) is 5.26 Å². The van der Waals surface area contributed by atoms with E-state index in [0.29, 0.717) is 16.1 Å². The summed E-state index contributed by atoms with van der Waals surface area (Å²) >= 11 is 2.07. The molecule has 2 aliphatic heterocycles. The zero-order chi connectivity index (χ0) is 13.5. The maximum atomic E-state index is 11.0. The van der Waals surface area contributed by atoms with Crippen LogP contribution in [0.5, 0.6) is 0 Å². The Bertz CT molecular complexity index is 522. The molecule has 3 heteroatoms. The molecule has 2 saturated heterocycles. The summed E-state index contributed by atoms with van der Waals surface area (Å²) in [5, 5.41) is 21.2. The van der Waals surface area contributed by atoms with Crippen molar-refractivity contribution in [2.24, 2.45) is 0 Å². The fraction of sp³-hybridized carbons (Fsp3) is 0.562. The van der Waals surface area contributed by atoms with Gasteiger partial charge in [0.2, 0.25) is 0 Å². The van der Waals surface area contributed by atoms with E-state index in [2.05, 4.69) is 17.8 Å². The molecule has 2 aliphatic rings. The molecule has 3 rings (SSSR count). The van der Waals surface area contributed by atoms with Crippen LogP contribution in [0.25, 0.3) is 0 Å². The van der Waals surface area contributed by atoms with Gasteiger partial charge in [-0.15, -0.1) is 0 Å². The minimum atomic E-state index is -0.681. The monoisotopic (exact) mass is 273 g/mol. The number of benzene rings is 1. The molecule has 0 radical (unpaired) electrons. The van der Waals surface area contributed by atoms with E-state index in [1.54, 1.807) is 0 Å². The Morgan fingerprint density at radius 1 is 1.32 bits per heavy atom. The number of nitriles is 1. The Morgan fingerprint density at radius 3 is 2.58 bits per heavy atom. The highest BCUT2D eigenvalue weighted by molar-refractivity contribution is 8.00. The van der Waals surface area contributed by atoms with Crippen LogP contribution in [0, 0.1) is 18.3 Å². The number of fused-ring (bicyclic) bond motifs is 2. The first-order valence-electron chi connectivity index (χ1n) is 7.00. The molecular weight excluding hydrogens is 254 g/mol. The summed E-state index contributed by atoms with van der Waals surface area (Å²) in [6.07, 6.45) is 5.50. The van der Waals surface area contributed by atoms with Gasteiger partial charge in [-0.25, -0.2) is 0 Å². The predicted molar refractivity (Wildman–Crippen MR) is 78.0 cm³/mol. The van der Waals surface area contributed by atoms with E-state index >= 15 is 0 Å². The molecule has 2 fully saturated rings. The zero-order valence-electron chi connectivity index (χ0n) is 11.2. The lowest BCUT2D eigenvalue weighted by molar-refractivity contribution is 0.00808. The van der Waals surface area contributed by atoms with Crippen LogP contribution in [0.3, 0.4) is 0 Å². The van der Waals surface area contributed by atoms with E-state index in [1.807, 2.05) is 25.1 Å². The Morgan fingerprint density at radius 2 is 2.00 bits per heavy atom. The van der Waals surface area contributed by atoms with Crippen LogP contribution in [0.4, 0.5) is 0 Å². The quantitative estimate of drug-likeness (QED) is 0.851. The van der Waals surface area contributed by atoms with Crippen molar-refractivity contribution in [3.05, 3.63) is 34.9 Å². The Labute approximate surface area is 118 Å². The molecule has 1 N–H and O–H groups in total. The van der Waals surface area contributed by atoms with Gasteiger partial charge in [-0.1, -0.05) is 18.6 Å². The standard InChI is InChI=1S/C16H19NOS/c1-11-7-13(6-5-12(11)10-17)16(18)8-14-3-2-4-15(9-16)19-14/h5-7,14-15,18H,2-4,8-9H2,1H3. The number of aliphatic hydroxyl groups is 1. The highest BCUT2D eigenvalue weighted by Crippen LogP contribution is 2.49. The van der Waals surface area contributed by atoms with Gasteiger partial charge >= 0.3 is 0 Å². The topological polar surface area (TPSA) is 44.0 Å². The molecule has 2 unspecified atom stereocenters. The minimum absolute atomic E-state index is 0.605. The molecule has 2 nitrogen and oxygen atoms in total. The van der Waals surface area contributed by atoms with Gasteiger partial charge in [-0.05, 0) is 49.8 Å². The number of rotatable bonds is 1. The predicted octanol–water partition coefficient (Wildman–Crippen LogP) is 3.50. The molecule has 100 valence electrons. The fourth-order valence-corrected chi connectivity index (χ4v) is 5.33. The fourth-order valence-electron chi connectivity index (χ4n) is 3.43. The summed E-state index contributed by atoms with van der Waals surface area (Å²) < 4.78 is 0. The zero-order valence-corrected chi connectivity index (χ0v) is 12.0. The maximum absolute atomic E-state index is 11.0. The van der Waals surface area contributed by atoms with Gasteiger partial charge in [-0.2, -0.15) is 17.0 Å². The molecule has 2 bridgehead atoms. The van der Waals surface area contributed by atoms with Gasteiger partial charge in [0.15, 0.2) is 0 Å². The molecule has 1 aromatic carbocycles. The number of thioether (sulfide) groups is 1. The normalized spacial score (nSPS) is 33.7. The number of hydrogen-bond acceptors (Lipinski definition) is 3. The number of aryl methyl sites for hydroxylation is 1. The Kier molecular flexibility index (Phi) is 3.32. The summed E-state index contributed by atoms with van der Waals surface area (Å²) in [5.74, 6) is 0. The first-order chi connectivity index (χ1) is 9.10. The Hall–Kier alpha value is -0.980. The second-order valence-electron chi connectivity index (χ2n) is 5.89. The third-order valence-electron chi connectivity index (χ3n) is 4.45. The first kappa shape index (κ1) is 13.0. The molecule has 19 heavy (non-hydrogen) atoms. The van der Waals surface area contributed by atoms with Crippen molar-refractivity contribution >= 4 is 11.8 Å². The lowest BCUT2D eigenvalue weighted by Crippen LogP contribution is -2.40. The third-order valence-corrected chi connectivity index (χ3v) is 6.03. The lowest BCUT2D eigenvalue weighted by Gasteiger charge is -2.44. The van der Waals surface area contributed by atoms with E-state index in [0.717, 1.165) is 24.0 Å². The summed E-state index contributed by atoms with van der Waals surface area (Å²) in [7, 11) is 0. The average Bonchev–Trinajstić information content (AvgIpc) is 2.38. The molecule has 0 saturated carbocycles. The van der Waals surface area contributed by atoms with E-state index in [-0.39, 0.29) is 0 Å². The molecule has 0 amide bonds. The van der Waals surface area contributed by atoms with Crippen LogP contribution in [0.15, 0.2) is 18.2 Å². The molecule has 0 aliphatic carbocycles. The van der Waals surface area contributed by atoms with Gasteiger partial charge in [0.25, 0.3) is 0 Å². The second-order valence-corrected chi connectivity index (χ2v) is 7.50. The molecule has 0 spiro atoms. The third kappa shape index (κ3) is 2.40. The second kappa shape index (κ2) is 4.85. The lowest BCUT2D eigenvalue weighted by atomic mass is 9.80. The van der Waals surface area contributed by atoms with Crippen molar-refractivity contribution in [1.29, 1.82) is 5.26 Å². The van der Waals surface area contributed by atoms with E-state index < -0.39 is 5.60 Å². The summed E-state index contributed by atoms with van der Waals surface area (Å²) in [5.41, 5.74) is 2.00. The van der Waals surface area contributed by atoms with Crippen molar-refractivity contribution in [1.82, 2.24) is 0 Å². The Balaban J connectivity index is 1.92. The van der Waals surface area contributed by atoms with Crippen molar-refractivity contribution in [2.45, 2.75) is 55.1 Å². The SMILES string of the molecule is Cc1cc(C2(O)CC3CCCC(C2)S3)ccc1C#N. The molecular formula is C16H19NOS. The number of nitrogens with zero attached hydrogens (tertiary/aromatic N) is 1. The highest BCUT2D eigenvalue weighted by Gasteiger charge is 2.42. The molecule has 1 aromatic rings. The maximum Gasteiger partial charge on any atom is 0.0994 e. The van der Waals surface area contributed by atoms with Gasteiger partial charge in [0, 0.05) is 10.5 Å². The van der Waals surface area contributed by atoms with Crippen LogP contribution in [0.1, 0.15) is 48.8 Å². The summed E-state index contributed by atoms with van der Waals surface area (Å²) in [6, 6.07) is 7.99. The summed E-state index contributed by atoms with van der Waals surface area (Å²) in [4.78, 5) is 0. The largest absolute Gasteiger partial charge is 0.385 e. The first-order valence-corrected chi connectivity index (χ1v) is 7.94. The average molecular weight is 273 g/mol. The van der Waals surface area contributed by atoms with Gasteiger partial charge < -0.3 is 5.11 Å². The van der Waals surface area contributed by atoms with Crippen LogP contribution < -0.4 is 0 Å². The highest BCUT2D eigenvalue weighted by atomic mass is 32.2. The van der Waals surface area contributed by atoms with Crippen molar-refractivity contribution in [2.75, 3.05) is 0 Å². The van der Waals surface area contributed by atoms with Gasteiger partial charge in [0.05, 0.1) is 17.2 Å². The molecule has 2 heterocycles.